The third-order valence-electron chi connectivity index (χ3n) is 3.59. The molecule has 0 unspecified atom stereocenters. The lowest BCUT2D eigenvalue weighted by atomic mass is 10.1. The molecule has 6 nitrogen and oxygen atoms in total. The highest BCUT2D eigenvalue weighted by Gasteiger charge is 2.25. The van der Waals surface area contributed by atoms with Gasteiger partial charge in [0, 0.05) is 24.8 Å². The molecule has 1 aromatic carbocycles. The zero-order valence-electron chi connectivity index (χ0n) is 11.4. The summed E-state index contributed by atoms with van der Waals surface area (Å²) >= 11 is 0. The average molecular weight is 277 g/mol. The van der Waals surface area contributed by atoms with Crippen LogP contribution in [-0.2, 0) is 0 Å². The van der Waals surface area contributed by atoms with Crippen molar-refractivity contribution < 1.29 is 9.72 Å². The fraction of sp³-hybridized carbons (Fsp3) is 0.500. The summed E-state index contributed by atoms with van der Waals surface area (Å²) in [7, 11) is 0. The zero-order chi connectivity index (χ0) is 14.5. The molecule has 0 atom stereocenters. The highest BCUT2D eigenvalue weighted by molar-refractivity contribution is 5.99. The lowest BCUT2D eigenvalue weighted by Crippen LogP contribution is -2.34. The number of hydrogen-bond acceptors (Lipinski definition) is 4. The largest absolute Gasteiger partial charge is 0.399 e. The Balaban J connectivity index is 2.26. The molecule has 0 aromatic heterocycles. The van der Waals surface area contributed by atoms with E-state index in [1.165, 1.54) is 24.6 Å². The lowest BCUT2D eigenvalue weighted by Gasteiger charge is -2.24. The molecule has 1 heterocycles. The van der Waals surface area contributed by atoms with Crippen molar-refractivity contribution in [3.8, 4) is 0 Å². The van der Waals surface area contributed by atoms with Gasteiger partial charge in [-0.2, -0.15) is 0 Å². The van der Waals surface area contributed by atoms with E-state index in [0.29, 0.717) is 18.8 Å². The Hall–Kier alpha value is -2.11. The molecule has 2 rings (SSSR count). The number of likely N-dealkylation sites (tertiary alicyclic amines) is 1. The summed E-state index contributed by atoms with van der Waals surface area (Å²) < 4.78 is 0. The quantitative estimate of drug-likeness (QED) is 0.511. The van der Waals surface area contributed by atoms with Crippen molar-refractivity contribution in [3.63, 3.8) is 0 Å². The lowest BCUT2D eigenvalue weighted by molar-refractivity contribution is -0.385. The van der Waals surface area contributed by atoms with E-state index in [0.717, 1.165) is 25.7 Å². The Morgan fingerprint density at radius 3 is 2.35 bits per heavy atom. The van der Waals surface area contributed by atoms with Crippen molar-refractivity contribution >= 4 is 17.3 Å². The van der Waals surface area contributed by atoms with E-state index in [9.17, 15) is 14.9 Å². The molecule has 6 heteroatoms. The second-order valence-electron chi connectivity index (χ2n) is 5.09. The predicted octanol–water partition coefficient (Wildman–Crippen LogP) is 2.58. The van der Waals surface area contributed by atoms with E-state index in [1.807, 2.05) is 0 Å². The van der Waals surface area contributed by atoms with E-state index in [2.05, 4.69) is 0 Å². The van der Waals surface area contributed by atoms with Crippen LogP contribution in [0.25, 0.3) is 0 Å². The number of anilines is 1. The number of nitrogen functional groups attached to an aromatic ring is 1. The van der Waals surface area contributed by atoms with Crippen molar-refractivity contribution in [2.45, 2.75) is 32.1 Å². The molecule has 2 N–H and O–H groups in total. The van der Waals surface area contributed by atoms with Crippen molar-refractivity contribution in [1.29, 1.82) is 0 Å². The molecule has 1 fully saturated rings. The van der Waals surface area contributed by atoms with Crippen molar-refractivity contribution in [3.05, 3.63) is 33.9 Å². The molecule has 108 valence electrons. The SMILES string of the molecule is Nc1ccc([N+](=O)[O-])c(C(=O)N2CCCCCCC2)c1. The number of rotatable bonds is 2. The van der Waals surface area contributed by atoms with E-state index >= 15 is 0 Å². The first kappa shape index (κ1) is 14.3. The number of nitro groups is 1. The van der Waals surface area contributed by atoms with Crippen molar-refractivity contribution in [2.75, 3.05) is 18.8 Å². The maximum absolute atomic E-state index is 12.5. The van der Waals surface area contributed by atoms with E-state index in [4.69, 9.17) is 5.73 Å². The number of nitrogens with two attached hydrogens (primary N) is 1. The van der Waals surface area contributed by atoms with Gasteiger partial charge < -0.3 is 10.6 Å². The van der Waals surface area contributed by atoms with Gasteiger partial charge in [-0.3, -0.25) is 14.9 Å². The minimum Gasteiger partial charge on any atom is -0.399 e. The van der Waals surface area contributed by atoms with Gasteiger partial charge in [0.2, 0.25) is 0 Å². The summed E-state index contributed by atoms with van der Waals surface area (Å²) in [5, 5.41) is 11.0. The third-order valence-corrected chi connectivity index (χ3v) is 3.59. The molecule has 20 heavy (non-hydrogen) atoms. The van der Waals surface area contributed by atoms with Gasteiger partial charge in [-0.1, -0.05) is 19.3 Å². The molecular weight excluding hydrogens is 258 g/mol. The fourth-order valence-electron chi connectivity index (χ4n) is 2.51. The van der Waals surface area contributed by atoms with Crippen LogP contribution in [0.1, 0.15) is 42.5 Å². The number of nitro benzene ring substituents is 1. The molecule has 0 bridgehead atoms. The monoisotopic (exact) mass is 277 g/mol. The van der Waals surface area contributed by atoms with Crippen LogP contribution >= 0.6 is 0 Å². The second kappa shape index (κ2) is 6.36. The fourth-order valence-corrected chi connectivity index (χ4v) is 2.51. The van der Waals surface area contributed by atoms with Crippen LogP contribution in [0.15, 0.2) is 18.2 Å². The van der Waals surface area contributed by atoms with Gasteiger partial charge >= 0.3 is 0 Å². The average Bonchev–Trinajstić information content (AvgIpc) is 2.37. The summed E-state index contributed by atoms with van der Waals surface area (Å²) in [6, 6.07) is 4.15. The number of nitrogens with zero attached hydrogens (tertiary/aromatic N) is 2. The Morgan fingerprint density at radius 1 is 1.15 bits per heavy atom. The Bertz CT molecular complexity index is 508. The van der Waals surface area contributed by atoms with Crippen LogP contribution in [0.3, 0.4) is 0 Å². The van der Waals surface area contributed by atoms with Gasteiger partial charge in [-0.25, -0.2) is 0 Å². The summed E-state index contributed by atoms with van der Waals surface area (Å²) in [5.41, 5.74) is 5.94. The van der Waals surface area contributed by atoms with E-state index in [1.54, 1.807) is 4.90 Å². The van der Waals surface area contributed by atoms with Crippen LogP contribution in [0.4, 0.5) is 11.4 Å². The Morgan fingerprint density at radius 2 is 1.75 bits per heavy atom. The molecular formula is C14H19N3O3. The predicted molar refractivity (Wildman–Crippen MR) is 76.5 cm³/mol. The zero-order valence-corrected chi connectivity index (χ0v) is 11.4. The first-order valence-corrected chi connectivity index (χ1v) is 6.93. The minimum absolute atomic E-state index is 0.0931. The smallest absolute Gasteiger partial charge is 0.282 e. The minimum atomic E-state index is -0.531. The molecule has 1 amide bonds. The molecule has 0 saturated carbocycles. The molecule has 1 aromatic rings. The van der Waals surface area contributed by atoms with Crippen LogP contribution in [0.5, 0.6) is 0 Å². The Kier molecular flexibility index (Phi) is 4.55. The summed E-state index contributed by atoms with van der Waals surface area (Å²) in [6.45, 7) is 1.32. The number of carbonyl (C=O) groups excluding carboxylic acids is 1. The van der Waals surface area contributed by atoms with Gasteiger partial charge in [0.25, 0.3) is 11.6 Å². The number of amides is 1. The molecule has 1 aliphatic rings. The maximum Gasteiger partial charge on any atom is 0.282 e. The number of carbonyl (C=O) groups is 1. The van der Waals surface area contributed by atoms with Crippen LogP contribution in [0.2, 0.25) is 0 Å². The van der Waals surface area contributed by atoms with E-state index in [-0.39, 0.29) is 17.2 Å². The number of hydrogen-bond donors (Lipinski definition) is 1. The topological polar surface area (TPSA) is 89.5 Å². The molecule has 0 radical (unpaired) electrons. The molecule has 0 spiro atoms. The van der Waals surface area contributed by atoms with Crippen molar-refractivity contribution in [2.24, 2.45) is 0 Å². The first-order valence-electron chi connectivity index (χ1n) is 6.93. The van der Waals surface area contributed by atoms with Gasteiger partial charge in [0.15, 0.2) is 0 Å². The summed E-state index contributed by atoms with van der Waals surface area (Å²) in [5.74, 6) is -0.286. The van der Waals surface area contributed by atoms with Crippen LogP contribution < -0.4 is 5.73 Å². The highest BCUT2D eigenvalue weighted by atomic mass is 16.6. The van der Waals surface area contributed by atoms with Gasteiger partial charge in [0.1, 0.15) is 5.56 Å². The first-order chi connectivity index (χ1) is 9.59. The maximum atomic E-state index is 12.5. The highest BCUT2D eigenvalue weighted by Crippen LogP contribution is 2.24. The van der Waals surface area contributed by atoms with Gasteiger partial charge in [-0.05, 0) is 25.0 Å². The van der Waals surface area contributed by atoms with Gasteiger partial charge in [0.05, 0.1) is 4.92 Å². The molecule has 0 aliphatic carbocycles. The molecule has 1 aliphatic heterocycles. The third kappa shape index (κ3) is 3.26. The van der Waals surface area contributed by atoms with Crippen molar-refractivity contribution in [1.82, 2.24) is 4.90 Å². The van der Waals surface area contributed by atoms with E-state index < -0.39 is 4.92 Å². The summed E-state index contributed by atoms with van der Waals surface area (Å²) in [4.78, 5) is 24.7. The summed E-state index contributed by atoms with van der Waals surface area (Å²) in [6.07, 6.45) is 5.29. The standard InChI is InChI=1S/C14H19N3O3/c15-11-6-7-13(17(19)20)12(10-11)14(18)16-8-4-2-1-3-5-9-16/h6-7,10H,1-5,8-9,15H2. The normalized spacial score (nSPS) is 16.3. The van der Waals surface area contributed by atoms with Crippen LogP contribution in [-0.4, -0.2) is 28.8 Å². The Labute approximate surface area is 117 Å². The van der Waals surface area contributed by atoms with Crippen LogP contribution in [0, 0.1) is 10.1 Å². The second-order valence-corrected chi connectivity index (χ2v) is 5.09. The number of benzene rings is 1. The van der Waals surface area contributed by atoms with Gasteiger partial charge in [-0.15, -0.1) is 0 Å². The molecule has 1 saturated heterocycles.